The van der Waals surface area contributed by atoms with Crippen LogP contribution < -0.4 is 10.5 Å². The monoisotopic (exact) mass is 397 g/mol. The number of hydrogen-bond donors (Lipinski definition) is 1. The fourth-order valence-electron chi connectivity index (χ4n) is 4.12. The van der Waals surface area contributed by atoms with Crippen LogP contribution in [0.15, 0.2) is 24.3 Å². The number of hydrogen-bond acceptors (Lipinski definition) is 4. The Labute approximate surface area is 170 Å². The van der Waals surface area contributed by atoms with Gasteiger partial charge in [0.25, 0.3) is 5.91 Å². The molecule has 0 bridgehead atoms. The number of amides is 2. The van der Waals surface area contributed by atoms with Crippen molar-refractivity contribution in [2.75, 3.05) is 13.7 Å². The van der Waals surface area contributed by atoms with Gasteiger partial charge in [-0.1, -0.05) is 12.1 Å². The van der Waals surface area contributed by atoms with Crippen LogP contribution in [0.5, 0.6) is 5.75 Å². The summed E-state index contributed by atoms with van der Waals surface area (Å²) in [5, 5.41) is 0. The summed E-state index contributed by atoms with van der Waals surface area (Å²) in [5.74, 6) is 0.715. The highest BCUT2D eigenvalue weighted by Gasteiger charge is 2.38. The largest absolute Gasteiger partial charge is 0.497 e. The molecule has 1 aliphatic heterocycles. The second-order valence-electron chi connectivity index (χ2n) is 7.95. The number of carbonyl (C=O) groups excluding carboxylic acids is 2. The number of ether oxygens (including phenoxy) is 2. The van der Waals surface area contributed by atoms with Crippen molar-refractivity contribution >= 4 is 12.0 Å². The van der Waals surface area contributed by atoms with Crippen molar-refractivity contribution in [1.29, 1.82) is 0 Å². The lowest BCUT2D eigenvalue weighted by Gasteiger charge is -2.30. The first kappa shape index (κ1) is 19.4. The molecule has 1 fully saturated rings. The lowest BCUT2D eigenvalue weighted by molar-refractivity contribution is 0.0682. The zero-order valence-corrected chi connectivity index (χ0v) is 17.1. The Morgan fingerprint density at radius 2 is 1.83 bits per heavy atom. The van der Waals surface area contributed by atoms with E-state index in [1.807, 2.05) is 38.1 Å². The minimum atomic E-state index is -0.467. The average Bonchev–Trinajstić information content (AvgIpc) is 3.47. The first-order valence-electron chi connectivity index (χ1n) is 10.1. The molecular formula is C22H27N3O4. The molecule has 1 saturated carbocycles. The van der Waals surface area contributed by atoms with E-state index in [2.05, 4.69) is 4.57 Å². The van der Waals surface area contributed by atoms with Crippen molar-refractivity contribution in [1.82, 2.24) is 9.47 Å². The van der Waals surface area contributed by atoms with Crippen LogP contribution in [-0.2, 0) is 17.8 Å². The summed E-state index contributed by atoms with van der Waals surface area (Å²) in [7, 11) is 1.63. The van der Waals surface area contributed by atoms with Crippen LogP contribution in [0.1, 0.15) is 54.4 Å². The van der Waals surface area contributed by atoms with E-state index in [4.69, 9.17) is 15.2 Å². The van der Waals surface area contributed by atoms with Gasteiger partial charge < -0.3 is 24.7 Å². The number of aromatic nitrogens is 1. The third-order valence-corrected chi connectivity index (χ3v) is 5.53. The van der Waals surface area contributed by atoms with Crippen LogP contribution in [-0.4, -0.2) is 41.2 Å². The van der Waals surface area contributed by atoms with Crippen LogP contribution in [0.25, 0.3) is 11.1 Å². The molecule has 1 aromatic heterocycles. The van der Waals surface area contributed by atoms with Crippen molar-refractivity contribution < 1.29 is 19.1 Å². The highest BCUT2D eigenvalue weighted by Crippen LogP contribution is 2.48. The van der Waals surface area contributed by atoms with Crippen molar-refractivity contribution in [2.24, 2.45) is 5.73 Å². The molecule has 2 heterocycles. The SMILES string of the molecule is COc1ccc(-c2c(C(N)=O)c3n(c2C2CC2)CCN(C(=O)OC(C)C)C3)cc1. The predicted octanol–water partition coefficient (Wildman–Crippen LogP) is 3.50. The lowest BCUT2D eigenvalue weighted by Crippen LogP contribution is -2.40. The van der Waals surface area contributed by atoms with Gasteiger partial charge in [-0.15, -0.1) is 0 Å². The van der Waals surface area contributed by atoms with Crippen LogP contribution in [0.2, 0.25) is 0 Å². The van der Waals surface area contributed by atoms with Crippen molar-refractivity contribution in [2.45, 2.75) is 51.8 Å². The molecule has 2 amide bonds. The summed E-state index contributed by atoms with van der Waals surface area (Å²) in [6.45, 7) is 5.15. The number of benzene rings is 1. The standard InChI is InChI=1S/C22H27N3O4/c1-13(2)29-22(27)24-10-11-25-17(12-24)19(21(23)26)18(20(25)15-4-5-15)14-6-8-16(28-3)9-7-14/h6-9,13,15H,4-5,10-12H2,1-3H3,(H2,23,26). The van der Waals surface area contributed by atoms with Gasteiger partial charge in [0, 0.05) is 24.3 Å². The molecule has 1 aromatic carbocycles. The Balaban J connectivity index is 1.81. The summed E-state index contributed by atoms with van der Waals surface area (Å²) in [4.78, 5) is 26.6. The van der Waals surface area contributed by atoms with Gasteiger partial charge in [0.2, 0.25) is 0 Å². The summed E-state index contributed by atoms with van der Waals surface area (Å²) < 4.78 is 12.8. The topological polar surface area (TPSA) is 86.8 Å². The summed E-state index contributed by atoms with van der Waals surface area (Å²) >= 11 is 0. The summed E-state index contributed by atoms with van der Waals surface area (Å²) in [6, 6.07) is 7.70. The van der Waals surface area contributed by atoms with Gasteiger partial charge >= 0.3 is 6.09 Å². The fraction of sp³-hybridized carbons (Fsp3) is 0.455. The lowest BCUT2D eigenvalue weighted by atomic mass is 9.97. The van der Waals surface area contributed by atoms with Crippen molar-refractivity contribution in [3.8, 4) is 16.9 Å². The average molecular weight is 397 g/mol. The van der Waals surface area contributed by atoms with Crippen molar-refractivity contribution in [3.63, 3.8) is 0 Å². The van der Waals surface area contributed by atoms with E-state index in [-0.39, 0.29) is 12.2 Å². The van der Waals surface area contributed by atoms with E-state index in [0.717, 1.165) is 41.1 Å². The molecule has 2 N–H and O–H groups in total. The first-order chi connectivity index (χ1) is 13.9. The summed E-state index contributed by atoms with van der Waals surface area (Å²) in [6.07, 6.45) is 1.65. The third-order valence-electron chi connectivity index (χ3n) is 5.53. The van der Waals surface area contributed by atoms with Gasteiger partial charge in [0.15, 0.2) is 0 Å². The van der Waals surface area contributed by atoms with E-state index < -0.39 is 5.91 Å². The number of primary amides is 1. The Bertz CT molecular complexity index is 942. The van der Waals surface area contributed by atoms with Crippen LogP contribution >= 0.6 is 0 Å². The summed E-state index contributed by atoms with van der Waals surface area (Å²) in [5.41, 5.74) is 10.2. The molecule has 0 spiro atoms. The van der Waals surface area contributed by atoms with E-state index in [0.29, 0.717) is 31.1 Å². The quantitative estimate of drug-likeness (QED) is 0.837. The zero-order valence-electron chi connectivity index (χ0n) is 17.1. The van der Waals surface area contributed by atoms with Crippen LogP contribution in [0.3, 0.4) is 0 Å². The number of methoxy groups -OCH3 is 1. The van der Waals surface area contributed by atoms with E-state index in [1.165, 1.54) is 0 Å². The molecule has 29 heavy (non-hydrogen) atoms. The first-order valence-corrected chi connectivity index (χ1v) is 10.1. The van der Waals surface area contributed by atoms with Crippen LogP contribution in [0, 0.1) is 0 Å². The Hall–Kier alpha value is -2.96. The molecule has 2 aliphatic rings. The number of carbonyl (C=O) groups is 2. The molecular weight excluding hydrogens is 370 g/mol. The Kier molecular flexibility index (Phi) is 4.98. The van der Waals surface area contributed by atoms with Gasteiger partial charge in [-0.2, -0.15) is 0 Å². The maximum atomic E-state index is 12.6. The fourth-order valence-corrected chi connectivity index (χ4v) is 4.12. The van der Waals surface area contributed by atoms with E-state index >= 15 is 0 Å². The molecule has 7 heteroatoms. The van der Waals surface area contributed by atoms with Gasteiger partial charge in [-0.25, -0.2) is 4.79 Å². The molecule has 0 atom stereocenters. The van der Waals surface area contributed by atoms with Gasteiger partial charge in [0.05, 0.1) is 31.0 Å². The normalized spacial score (nSPS) is 15.9. The van der Waals surface area contributed by atoms with Crippen molar-refractivity contribution in [3.05, 3.63) is 41.2 Å². The van der Waals surface area contributed by atoms with E-state index in [9.17, 15) is 9.59 Å². The maximum absolute atomic E-state index is 12.6. The molecule has 0 unspecified atom stereocenters. The minimum Gasteiger partial charge on any atom is -0.497 e. The number of nitrogens with zero attached hydrogens (tertiary/aromatic N) is 2. The Morgan fingerprint density at radius 3 is 2.38 bits per heavy atom. The molecule has 154 valence electrons. The smallest absolute Gasteiger partial charge is 0.410 e. The Morgan fingerprint density at radius 1 is 1.14 bits per heavy atom. The molecule has 0 saturated heterocycles. The zero-order chi connectivity index (χ0) is 20.7. The number of nitrogens with two attached hydrogens (primary N) is 1. The molecule has 1 aliphatic carbocycles. The van der Waals surface area contributed by atoms with Crippen LogP contribution in [0.4, 0.5) is 4.79 Å². The second-order valence-corrected chi connectivity index (χ2v) is 7.95. The predicted molar refractivity (Wildman–Crippen MR) is 109 cm³/mol. The number of fused-ring (bicyclic) bond motifs is 1. The van der Waals surface area contributed by atoms with Gasteiger partial charge in [-0.3, -0.25) is 4.79 Å². The highest BCUT2D eigenvalue weighted by atomic mass is 16.6. The molecule has 2 aromatic rings. The second kappa shape index (κ2) is 7.46. The van der Waals surface area contributed by atoms with E-state index in [1.54, 1.807) is 12.0 Å². The molecule has 0 radical (unpaired) electrons. The third kappa shape index (κ3) is 3.57. The highest BCUT2D eigenvalue weighted by molar-refractivity contribution is 6.02. The molecule has 7 nitrogen and oxygen atoms in total. The van der Waals surface area contributed by atoms with Gasteiger partial charge in [-0.05, 0) is 50.3 Å². The van der Waals surface area contributed by atoms with Gasteiger partial charge in [0.1, 0.15) is 5.75 Å². The molecule has 4 rings (SSSR count). The number of rotatable bonds is 5. The minimum absolute atomic E-state index is 0.191. The maximum Gasteiger partial charge on any atom is 0.410 e.